The molecule has 1 unspecified atom stereocenters. The molecule has 0 saturated carbocycles. The average molecular weight is 248 g/mol. The molecule has 2 rings (SSSR count). The smallest absolute Gasteiger partial charge is 0.285 e. The first-order chi connectivity index (χ1) is 7.09. The first-order valence-electron chi connectivity index (χ1n) is 4.15. The summed E-state index contributed by atoms with van der Waals surface area (Å²) in [5.41, 5.74) is 0.547. The van der Waals surface area contributed by atoms with Crippen molar-refractivity contribution < 1.29 is 14.6 Å². The van der Waals surface area contributed by atoms with Gasteiger partial charge in [-0.2, -0.15) is 0 Å². The number of amides is 1. The van der Waals surface area contributed by atoms with Crippen LogP contribution in [0.25, 0.3) is 0 Å². The Kier molecular flexibility index (Phi) is 2.84. The van der Waals surface area contributed by atoms with Crippen LogP contribution in [0.15, 0.2) is 18.2 Å². The molecule has 1 aliphatic rings. The van der Waals surface area contributed by atoms with Gasteiger partial charge in [0.15, 0.2) is 0 Å². The molecule has 6 heteroatoms. The van der Waals surface area contributed by atoms with E-state index in [2.05, 4.69) is 0 Å². The van der Waals surface area contributed by atoms with Gasteiger partial charge in [-0.05, 0) is 18.2 Å². The summed E-state index contributed by atoms with van der Waals surface area (Å²) in [7, 11) is 0. The zero-order valence-corrected chi connectivity index (χ0v) is 9.00. The topological polar surface area (TPSA) is 49.8 Å². The van der Waals surface area contributed by atoms with E-state index in [4.69, 9.17) is 33.0 Å². The quantitative estimate of drug-likeness (QED) is 0.821. The van der Waals surface area contributed by atoms with Crippen LogP contribution in [0.1, 0.15) is 0 Å². The maximum atomic E-state index is 11.4. The molecule has 15 heavy (non-hydrogen) atoms. The predicted octanol–water partition coefficient (Wildman–Crippen LogP) is 1.63. The molecule has 1 aromatic rings. The summed E-state index contributed by atoms with van der Waals surface area (Å²) < 4.78 is 4.76. The number of benzene rings is 1. The van der Waals surface area contributed by atoms with Crippen molar-refractivity contribution in [2.45, 2.75) is 6.29 Å². The van der Waals surface area contributed by atoms with Gasteiger partial charge in [0.2, 0.25) is 6.29 Å². The van der Waals surface area contributed by atoms with Crippen molar-refractivity contribution in [2.24, 2.45) is 0 Å². The fraction of sp³-hybridized carbons (Fsp3) is 0.222. The van der Waals surface area contributed by atoms with E-state index in [1.165, 1.54) is 4.90 Å². The van der Waals surface area contributed by atoms with E-state index in [9.17, 15) is 4.79 Å². The molecule has 1 amide bonds. The zero-order chi connectivity index (χ0) is 11.0. The van der Waals surface area contributed by atoms with Crippen molar-refractivity contribution in [2.75, 3.05) is 11.6 Å². The van der Waals surface area contributed by atoms with Gasteiger partial charge < -0.3 is 9.84 Å². The Balaban J connectivity index is 2.31. The number of carbonyl (C=O) groups is 1. The highest BCUT2D eigenvalue weighted by Gasteiger charge is 2.31. The lowest BCUT2D eigenvalue weighted by molar-refractivity contribution is -0.139. The van der Waals surface area contributed by atoms with Crippen LogP contribution in [0, 0.1) is 0 Å². The molecule has 80 valence electrons. The summed E-state index contributed by atoms with van der Waals surface area (Å²) in [6, 6.07) is 4.76. The van der Waals surface area contributed by atoms with Crippen LogP contribution < -0.4 is 4.90 Å². The summed E-state index contributed by atoms with van der Waals surface area (Å²) >= 11 is 11.5. The largest absolute Gasteiger partial charge is 0.360 e. The van der Waals surface area contributed by atoms with Gasteiger partial charge in [0.05, 0.1) is 10.0 Å². The van der Waals surface area contributed by atoms with Crippen LogP contribution in [0.5, 0.6) is 0 Å². The molecule has 0 aliphatic carbocycles. The lowest BCUT2D eigenvalue weighted by Crippen LogP contribution is -2.29. The summed E-state index contributed by atoms with van der Waals surface area (Å²) in [5.74, 6) is -0.506. The summed E-state index contributed by atoms with van der Waals surface area (Å²) in [6.45, 7) is 0.0119. The van der Waals surface area contributed by atoms with Crippen molar-refractivity contribution in [3.05, 3.63) is 28.2 Å². The van der Waals surface area contributed by atoms with Gasteiger partial charge in [0, 0.05) is 5.69 Å². The first kappa shape index (κ1) is 10.7. The standard InChI is InChI=1S/C9H7Cl2NO3/c10-6-2-1-5(3-7(6)11)12-4-15-9(14)8(12)13/h1-3,9,14H,4H2. The second-order valence-electron chi connectivity index (χ2n) is 3.01. The highest BCUT2D eigenvalue weighted by Crippen LogP contribution is 2.28. The summed E-state index contributed by atoms with van der Waals surface area (Å²) in [6.07, 6.45) is -1.39. The summed E-state index contributed by atoms with van der Waals surface area (Å²) in [5, 5.41) is 9.84. The van der Waals surface area contributed by atoms with Gasteiger partial charge in [-0.1, -0.05) is 23.2 Å². The minimum Gasteiger partial charge on any atom is -0.360 e. The van der Waals surface area contributed by atoms with Crippen LogP contribution >= 0.6 is 23.2 Å². The van der Waals surface area contributed by atoms with Crippen molar-refractivity contribution in [3.63, 3.8) is 0 Å². The third kappa shape index (κ3) is 1.94. The van der Waals surface area contributed by atoms with Crippen LogP contribution in [0.3, 0.4) is 0 Å². The van der Waals surface area contributed by atoms with Gasteiger partial charge in [0.25, 0.3) is 5.91 Å². The molecule has 1 N–H and O–H groups in total. The number of aliphatic hydroxyl groups excluding tert-OH is 1. The Hall–Kier alpha value is -0.810. The molecule has 1 fully saturated rings. The van der Waals surface area contributed by atoms with Gasteiger partial charge in [-0.25, -0.2) is 0 Å². The van der Waals surface area contributed by atoms with Gasteiger partial charge in [-0.15, -0.1) is 0 Å². The van der Waals surface area contributed by atoms with E-state index in [0.29, 0.717) is 15.7 Å². The Labute approximate surface area is 96.0 Å². The highest BCUT2D eigenvalue weighted by atomic mass is 35.5. The van der Waals surface area contributed by atoms with Crippen molar-refractivity contribution in [1.29, 1.82) is 0 Å². The highest BCUT2D eigenvalue weighted by molar-refractivity contribution is 6.42. The number of anilines is 1. The minimum atomic E-state index is -1.39. The molecular weight excluding hydrogens is 241 g/mol. The van der Waals surface area contributed by atoms with E-state index >= 15 is 0 Å². The maximum absolute atomic E-state index is 11.4. The molecule has 1 heterocycles. The molecule has 1 saturated heterocycles. The van der Waals surface area contributed by atoms with Gasteiger partial charge >= 0.3 is 0 Å². The second kappa shape index (κ2) is 3.98. The lowest BCUT2D eigenvalue weighted by Gasteiger charge is -2.13. The number of halogens is 2. The molecule has 4 nitrogen and oxygen atoms in total. The number of hydrogen-bond acceptors (Lipinski definition) is 3. The van der Waals surface area contributed by atoms with E-state index in [-0.39, 0.29) is 6.73 Å². The average Bonchev–Trinajstić information content (AvgIpc) is 2.53. The van der Waals surface area contributed by atoms with Crippen LogP contribution in [-0.4, -0.2) is 24.0 Å². The SMILES string of the molecule is O=C1C(O)OCN1c1ccc(Cl)c(Cl)c1. The normalized spacial score (nSPS) is 21.1. The number of hydrogen-bond donors (Lipinski definition) is 1. The third-order valence-corrected chi connectivity index (χ3v) is 2.79. The van der Waals surface area contributed by atoms with E-state index in [0.717, 1.165) is 0 Å². The number of ether oxygens (including phenoxy) is 1. The van der Waals surface area contributed by atoms with Crippen molar-refractivity contribution in [1.82, 2.24) is 0 Å². The molecule has 1 atom stereocenters. The van der Waals surface area contributed by atoms with Crippen molar-refractivity contribution in [3.8, 4) is 0 Å². The van der Waals surface area contributed by atoms with Crippen molar-refractivity contribution >= 4 is 34.8 Å². The Morgan fingerprint density at radius 1 is 1.40 bits per heavy atom. The van der Waals surface area contributed by atoms with E-state index in [1.54, 1.807) is 18.2 Å². The fourth-order valence-electron chi connectivity index (χ4n) is 1.27. The number of aliphatic hydroxyl groups is 1. The number of nitrogens with zero attached hydrogens (tertiary/aromatic N) is 1. The second-order valence-corrected chi connectivity index (χ2v) is 3.83. The number of carbonyl (C=O) groups excluding carboxylic acids is 1. The molecule has 0 bridgehead atoms. The molecule has 0 spiro atoms. The Morgan fingerprint density at radius 3 is 2.67 bits per heavy atom. The van der Waals surface area contributed by atoms with Crippen LogP contribution in [0.4, 0.5) is 5.69 Å². The molecule has 0 radical (unpaired) electrons. The minimum absolute atomic E-state index is 0.0119. The monoisotopic (exact) mass is 247 g/mol. The molecule has 1 aromatic carbocycles. The molecule has 0 aromatic heterocycles. The fourth-order valence-corrected chi connectivity index (χ4v) is 1.56. The van der Waals surface area contributed by atoms with Crippen LogP contribution in [-0.2, 0) is 9.53 Å². The maximum Gasteiger partial charge on any atom is 0.285 e. The zero-order valence-electron chi connectivity index (χ0n) is 7.48. The Bertz CT molecular complexity index is 410. The first-order valence-corrected chi connectivity index (χ1v) is 4.91. The summed E-state index contributed by atoms with van der Waals surface area (Å²) in [4.78, 5) is 12.7. The Morgan fingerprint density at radius 2 is 2.13 bits per heavy atom. The molecule has 1 aliphatic heterocycles. The predicted molar refractivity (Wildman–Crippen MR) is 55.9 cm³/mol. The third-order valence-electron chi connectivity index (χ3n) is 2.05. The lowest BCUT2D eigenvalue weighted by atomic mass is 10.3. The van der Waals surface area contributed by atoms with Gasteiger partial charge in [-0.3, -0.25) is 9.69 Å². The van der Waals surface area contributed by atoms with Crippen LogP contribution in [0.2, 0.25) is 10.0 Å². The number of rotatable bonds is 1. The van der Waals surface area contributed by atoms with Gasteiger partial charge in [0.1, 0.15) is 6.73 Å². The molecular formula is C9H7Cl2NO3. The van der Waals surface area contributed by atoms with E-state index in [1.807, 2.05) is 0 Å². The van der Waals surface area contributed by atoms with E-state index < -0.39 is 12.2 Å².